The molecule has 29 heavy (non-hydrogen) atoms. The van der Waals surface area contributed by atoms with Gasteiger partial charge in [-0.1, -0.05) is 20.8 Å². The molecule has 2 heterocycles. The first-order chi connectivity index (χ1) is 13.0. The maximum Gasteiger partial charge on any atom is 0.407 e. The van der Waals surface area contributed by atoms with Crippen LogP contribution in [0.4, 0.5) is 4.79 Å². The van der Waals surface area contributed by atoms with Crippen LogP contribution >= 0.6 is 0 Å². The van der Waals surface area contributed by atoms with Crippen LogP contribution in [0.15, 0.2) is 0 Å². The molecule has 2 saturated heterocycles. The van der Waals surface area contributed by atoms with E-state index in [2.05, 4.69) is 44.1 Å². The minimum atomic E-state index is -1.87. The summed E-state index contributed by atoms with van der Waals surface area (Å²) in [5.41, 5.74) is -0.498. The molecule has 170 valence electrons. The third kappa shape index (κ3) is 6.65. The Morgan fingerprint density at radius 1 is 1.17 bits per heavy atom. The van der Waals surface area contributed by atoms with Crippen LogP contribution in [-0.2, 0) is 18.6 Å². The Labute approximate surface area is 177 Å². The number of nitrogens with one attached hydrogen (secondary N) is 1. The van der Waals surface area contributed by atoms with Gasteiger partial charge in [0.1, 0.15) is 17.8 Å². The fourth-order valence-corrected chi connectivity index (χ4v) is 4.51. The van der Waals surface area contributed by atoms with E-state index in [4.69, 9.17) is 18.6 Å². The van der Waals surface area contributed by atoms with Crippen LogP contribution in [0.5, 0.6) is 0 Å². The lowest BCUT2D eigenvalue weighted by Crippen LogP contribution is -2.49. The first kappa shape index (κ1) is 24.6. The smallest absolute Gasteiger partial charge is 0.407 e. The zero-order valence-corrected chi connectivity index (χ0v) is 21.0. The summed E-state index contributed by atoms with van der Waals surface area (Å²) in [6.07, 6.45) is -0.379. The van der Waals surface area contributed by atoms with E-state index in [9.17, 15) is 4.79 Å². The number of hydrogen-bond acceptors (Lipinski definition) is 6. The number of ether oxygens (including phenoxy) is 3. The van der Waals surface area contributed by atoms with Gasteiger partial charge in [-0.25, -0.2) is 4.79 Å². The van der Waals surface area contributed by atoms with Gasteiger partial charge in [-0.15, -0.1) is 0 Å². The molecule has 0 radical (unpaired) electrons. The van der Waals surface area contributed by atoms with Gasteiger partial charge in [0.15, 0.2) is 14.1 Å². The molecule has 0 aromatic rings. The van der Waals surface area contributed by atoms with Gasteiger partial charge in [-0.3, -0.25) is 4.90 Å². The van der Waals surface area contributed by atoms with Crippen molar-refractivity contribution in [3.63, 3.8) is 0 Å². The number of hydrogen-bond donors (Lipinski definition) is 1. The Morgan fingerprint density at radius 3 is 2.34 bits per heavy atom. The number of amides is 1. The lowest BCUT2D eigenvalue weighted by atomic mass is 10.1. The maximum atomic E-state index is 11.9. The van der Waals surface area contributed by atoms with Crippen molar-refractivity contribution >= 4 is 14.4 Å². The van der Waals surface area contributed by atoms with E-state index in [0.717, 1.165) is 6.54 Å². The second-order valence-electron chi connectivity index (χ2n) is 11.2. The summed E-state index contributed by atoms with van der Waals surface area (Å²) in [6, 6.07) is 0.108. The van der Waals surface area contributed by atoms with E-state index in [0.29, 0.717) is 19.7 Å². The Kier molecular flexibility index (Phi) is 7.17. The first-order valence-corrected chi connectivity index (χ1v) is 13.6. The van der Waals surface area contributed by atoms with Crippen molar-refractivity contribution < 1.29 is 23.4 Å². The van der Waals surface area contributed by atoms with E-state index in [1.54, 1.807) is 0 Å². The number of rotatable bonds is 6. The fourth-order valence-electron chi connectivity index (χ4n) is 3.49. The zero-order valence-electron chi connectivity index (χ0n) is 20.0. The molecule has 7 nitrogen and oxygen atoms in total. The first-order valence-electron chi connectivity index (χ1n) is 10.7. The van der Waals surface area contributed by atoms with E-state index in [1.165, 1.54) is 0 Å². The van der Waals surface area contributed by atoms with Gasteiger partial charge in [0.25, 0.3) is 0 Å². The molecule has 2 fully saturated rings. The van der Waals surface area contributed by atoms with E-state index in [1.807, 2.05) is 34.6 Å². The average molecular weight is 431 g/mol. The number of carbonyl (C=O) groups is 1. The highest BCUT2D eigenvalue weighted by atomic mass is 28.4. The molecular weight excluding hydrogens is 388 g/mol. The van der Waals surface area contributed by atoms with Gasteiger partial charge in [0.05, 0.1) is 12.6 Å². The molecule has 8 heteroatoms. The van der Waals surface area contributed by atoms with E-state index < -0.39 is 19.7 Å². The van der Waals surface area contributed by atoms with E-state index in [-0.39, 0.29) is 29.4 Å². The van der Waals surface area contributed by atoms with Crippen LogP contribution in [-0.4, -0.2) is 75.2 Å². The molecule has 0 unspecified atom stereocenters. The SMILES string of the molecule is CC(C)(C)OC(=O)NCCN1C[C@@H]2OC(C)(C)O[C@@H]2[C@H]1CO[Si](C)(C)C(C)(C)C. The Hall–Kier alpha value is -0.673. The molecule has 2 aliphatic heterocycles. The highest BCUT2D eigenvalue weighted by Gasteiger charge is 2.53. The summed E-state index contributed by atoms with van der Waals surface area (Å²) in [4.78, 5) is 14.3. The van der Waals surface area contributed by atoms with Crippen LogP contribution in [0.1, 0.15) is 55.4 Å². The molecule has 0 spiro atoms. The van der Waals surface area contributed by atoms with Crippen molar-refractivity contribution in [2.45, 2.75) is 103 Å². The van der Waals surface area contributed by atoms with Gasteiger partial charge >= 0.3 is 6.09 Å². The molecule has 1 amide bonds. The standard InChI is InChI=1S/C21H42N2O5Si/c1-19(2,3)28-18(24)22-11-12-23-13-16-17(27-21(7,8)26-16)15(23)14-25-29(9,10)20(4,5)6/h15-17H,11-14H2,1-10H3,(H,22,24)/t15-,16+,17-/m1/s1. The molecule has 3 atom stereocenters. The number of carbonyl (C=O) groups excluding carboxylic acids is 1. The van der Waals surface area contributed by atoms with Crippen LogP contribution in [0.3, 0.4) is 0 Å². The number of nitrogens with zero attached hydrogens (tertiary/aromatic N) is 1. The van der Waals surface area contributed by atoms with Gasteiger partial charge < -0.3 is 24.0 Å². The Morgan fingerprint density at radius 2 is 1.79 bits per heavy atom. The highest BCUT2D eigenvalue weighted by molar-refractivity contribution is 6.74. The van der Waals surface area contributed by atoms with Crippen LogP contribution in [0.2, 0.25) is 18.1 Å². The summed E-state index contributed by atoms with van der Waals surface area (Å²) in [7, 11) is -1.87. The average Bonchev–Trinajstić information content (AvgIpc) is 2.93. The summed E-state index contributed by atoms with van der Waals surface area (Å²) in [6.45, 7) is 23.4. The summed E-state index contributed by atoms with van der Waals surface area (Å²) in [5.74, 6) is -0.564. The van der Waals surface area contributed by atoms with Crippen LogP contribution in [0.25, 0.3) is 0 Å². The summed E-state index contributed by atoms with van der Waals surface area (Å²) in [5, 5.41) is 3.00. The molecule has 2 rings (SSSR count). The van der Waals surface area contributed by atoms with Gasteiger partial charge in [-0.2, -0.15) is 0 Å². The van der Waals surface area contributed by atoms with Crippen LogP contribution in [0, 0.1) is 0 Å². The van der Waals surface area contributed by atoms with Gasteiger partial charge in [-0.05, 0) is 52.8 Å². The topological polar surface area (TPSA) is 69.3 Å². The van der Waals surface area contributed by atoms with Crippen molar-refractivity contribution in [1.82, 2.24) is 10.2 Å². The van der Waals surface area contributed by atoms with Crippen molar-refractivity contribution in [2.75, 3.05) is 26.2 Å². The second kappa shape index (κ2) is 8.46. The molecule has 0 bridgehead atoms. The summed E-state index contributed by atoms with van der Waals surface area (Å²) < 4.78 is 24.2. The van der Waals surface area contributed by atoms with Gasteiger partial charge in [0, 0.05) is 19.6 Å². The number of likely N-dealkylation sites (tertiary alicyclic amines) is 1. The van der Waals surface area contributed by atoms with E-state index >= 15 is 0 Å². The van der Waals surface area contributed by atoms with Crippen molar-refractivity contribution in [2.24, 2.45) is 0 Å². The van der Waals surface area contributed by atoms with Gasteiger partial charge in [0.2, 0.25) is 0 Å². The third-order valence-electron chi connectivity index (χ3n) is 5.97. The zero-order chi connectivity index (χ0) is 22.3. The molecule has 2 aliphatic rings. The predicted molar refractivity (Wildman–Crippen MR) is 117 cm³/mol. The Bertz CT molecular complexity index is 583. The maximum absolute atomic E-state index is 11.9. The quantitative estimate of drug-likeness (QED) is 0.648. The normalized spacial score (nSPS) is 27.7. The van der Waals surface area contributed by atoms with Crippen molar-refractivity contribution in [3.8, 4) is 0 Å². The second-order valence-corrected chi connectivity index (χ2v) is 16.0. The molecule has 0 aliphatic carbocycles. The summed E-state index contributed by atoms with van der Waals surface area (Å²) >= 11 is 0. The van der Waals surface area contributed by atoms with Crippen molar-refractivity contribution in [1.29, 1.82) is 0 Å². The minimum Gasteiger partial charge on any atom is -0.444 e. The minimum absolute atomic E-state index is 0.0173. The molecule has 0 aromatic heterocycles. The molecule has 1 N–H and O–H groups in total. The van der Waals surface area contributed by atoms with Crippen LogP contribution < -0.4 is 5.32 Å². The molecule has 0 aromatic carbocycles. The lowest BCUT2D eigenvalue weighted by molar-refractivity contribution is -0.162. The predicted octanol–water partition coefficient (Wildman–Crippen LogP) is 3.74. The number of alkyl carbamates (subject to hydrolysis) is 1. The lowest BCUT2D eigenvalue weighted by Gasteiger charge is -2.38. The third-order valence-corrected chi connectivity index (χ3v) is 10.5. The Balaban J connectivity index is 1.98. The number of fused-ring (bicyclic) bond motifs is 1. The van der Waals surface area contributed by atoms with Crippen molar-refractivity contribution in [3.05, 3.63) is 0 Å². The fraction of sp³-hybridized carbons (Fsp3) is 0.952. The monoisotopic (exact) mass is 430 g/mol. The largest absolute Gasteiger partial charge is 0.444 e. The molecule has 0 saturated carbocycles. The highest BCUT2D eigenvalue weighted by Crippen LogP contribution is 2.40. The molecular formula is C21H42N2O5Si.